The van der Waals surface area contributed by atoms with Crippen LogP contribution in [0.3, 0.4) is 0 Å². The Morgan fingerprint density at radius 3 is 2.00 bits per heavy atom. The lowest BCUT2D eigenvalue weighted by atomic mass is 9.94. The first kappa shape index (κ1) is 15.4. The molecule has 0 fully saturated rings. The number of hydrogen-bond acceptors (Lipinski definition) is 2. The molecule has 0 aliphatic rings. The van der Waals surface area contributed by atoms with E-state index in [1.807, 2.05) is 24.3 Å². The van der Waals surface area contributed by atoms with Gasteiger partial charge in [-0.3, -0.25) is 0 Å². The fourth-order valence-corrected chi connectivity index (χ4v) is 2.49. The highest BCUT2D eigenvalue weighted by atomic mass is 16.5. The maximum absolute atomic E-state index is 6.18. The Morgan fingerprint density at radius 1 is 0.905 bits per heavy atom. The molecule has 2 N–H and O–H groups in total. The van der Waals surface area contributed by atoms with Gasteiger partial charge in [0.2, 0.25) is 0 Å². The van der Waals surface area contributed by atoms with E-state index < -0.39 is 0 Å². The lowest BCUT2D eigenvalue weighted by Gasteiger charge is -2.20. The maximum atomic E-state index is 6.18. The number of benzene rings is 2. The van der Waals surface area contributed by atoms with Gasteiger partial charge < -0.3 is 10.5 Å². The largest absolute Gasteiger partial charge is 0.488 e. The van der Waals surface area contributed by atoms with Gasteiger partial charge in [-0.25, -0.2) is 0 Å². The first-order valence-electron chi connectivity index (χ1n) is 7.59. The van der Waals surface area contributed by atoms with E-state index in [9.17, 15) is 0 Å². The molecule has 112 valence electrons. The summed E-state index contributed by atoms with van der Waals surface area (Å²) < 4.78 is 6.18. The Bertz CT molecular complexity index is 576. The molecule has 0 saturated heterocycles. The molecule has 2 rings (SSSR count). The van der Waals surface area contributed by atoms with Gasteiger partial charge in [-0.05, 0) is 40.7 Å². The summed E-state index contributed by atoms with van der Waals surface area (Å²) in [7, 11) is 0. The van der Waals surface area contributed by atoms with Gasteiger partial charge in [0.05, 0.1) is 0 Å². The summed E-state index contributed by atoms with van der Waals surface area (Å²) in [6, 6.07) is 14.3. The molecule has 0 aromatic heterocycles. The highest BCUT2D eigenvalue weighted by Gasteiger charge is 2.15. The first-order chi connectivity index (χ1) is 9.99. The van der Waals surface area contributed by atoms with Crippen molar-refractivity contribution in [2.24, 2.45) is 0 Å². The number of hydrogen-bond donors (Lipinski definition) is 1. The van der Waals surface area contributed by atoms with Gasteiger partial charge >= 0.3 is 0 Å². The third-order valence-corrected chi connectivity index (χ3v) is 3.65. The molecular formula is C19H25NO. The molecule has 0 heterocycles. The van der Waals surface area contributed by atoms with E-state index in [0.29, 0.717) is 18.4 Å². The zero-order chi connectivity index (χ0) is 15.4. The summed E-state index contributed by atoms with van der Waals surface area (Å²) >= 11 is 0. The SMILES string of the molecule is CC(C)c1cccc(C(C)C)c1OCc1cccc(N)c1. The molecule has 0 saturated carbocycles. The number of ether oxygens (including phenoxy) is 1. The minimum Gasteiger partial charge on any atom is -0.488 e. The van der Waals surface area contributed by atoms with Gasteiger partial charge in [0, 0.05) is 5.69 Å². The summed E-state index contributed by atoms with van der Waals surface area (Å²) in [5.41, 5.74) is 10.2. The normalized spacial score (nSPS) is 11.1. The number of anilines is 1. The van der Waals surface area contributed by atoms with E-state index in [1.165, 1.54) is 11.1 Å². The molecule has 2 nitrogen and oxygen atoms in total. The van der Waals surface area contributed by atoms with Crippen LogP contribution in [0.25, 0.3) is 0 Å². The summed E-state index contributed by atoms with van der Waals surface area (Å²) in [6.45, 7) is 9.35. The van der Waals surface area contributed by atoms with Gasteiger partial charge in [-0.2, -0.15) is 0 Å². The third kappa shape index (κ3) is 3.78. The highest BCUT2D eigenvalue weighted by Crippen LogP contribution is 2.35. The second-order valence-electron chi connectivity index (χ2n) is 6.11. The van der Waals surface area contributed by atoms with Gasteiger partial charge in [-0.15, -0.1) is 0 Å². The van der Waals surface area contributed by atoms with Gasteiger partial charge in [0.25, 0.3) is 0 Å². The molecule has 0 spiro atoms. The van der Waals surface area contributed by atoms with Crippen LogP contribution in [-0.4, -0.2) is 0 Å². The molecule has 0 aliphatic heterocycles. The van der Waals surface area contributed by atoms with Crippen LogP contribution in [0.5, 0.6) is 5.75 Å². The average Bonchev–Trinajstić information content (AvgIpc) is 2.44. The molecule has 0 atom stereocenters. The Hall–Kier alpha value is -1.96. The Morgan fingerprint density at radius 2 is 1.48 bits per heavy atom. The zero-order valence-corrected chi connectivity index (χ0v) is 13.4. The molecule has 0 bridgehead atoms. The van der Waals surface area contributed by atoms with E-state index in [-0.39, 0.29) is 0 Å². The van der Waals surface area contributed by atoms with Crippen molar-refractivity contribution in [3.05, 3.63) is 59.2 Å². The van der Waals surface area contributed by atoms with E-state index in [1.54, 1.807) is 0 Å². The molecule has 2 heteroatoms. The minimum atomic E-state index is 0.444. The van der Waals surface area contributed by atoms with E-state index in [4.69, 9.17) is 10.5 Å². The Balaban J connectivity index is 2.29. The fourth-order valence-electron chi connectivity index (χ4n) is 2.49. The molecule has 0 unspecified atom stereocenters. The number of rotatable bonds is 5. The van der Waals surface area contributed by atoms with Crippen LogP contribution in [0, 0.1) is 0 Å². The fraction of sp³-hybridized carbons (Fsp3) is 0.368. The van der Waals surface area contributed by atoms with Gasteiger partial charge in [-0.1, -0.05) is 58.0 Å². The predicted octanol–water partition coefficient (Wildman–Crippen LogP) is 5.09. The third-order valence-electron chi connectivity index (χ3n) is 3.65. The maximum Gasteiger partial charge on any atom is 0.126 e. The molecule has 2 aromatic carbocycles. The molecular weight excluding hydrogens is 258 g/mol. The topological polar surface area (TPSA) is 35.2 Å². The van der Waals surface area contributed by atoms with Crippen LogP contribution >= 0.6 is 0 Å². The van der Waals surface area contributed by atoms with Crippen molar-refractivity contribution in [1.82, 2.24) is 0 Å². The van der Waals surface area contributed by atoms with Crippen molar-refractivity contribution >= 4 is 5.69 Å². The monoisotopic (exact) mass is 283 g/mol. The molecule has 0 aliphatic carbocycles. The minimum absolute atomic E-state index is 0.444. The van der Waals surface area contributed by atoms with Crippen molar-refractivity contribution in [1.29, 1.82) is 0 Å². The van der Waals surface area contributed by atoms with Crippen LogP contribution in [0.15, 0.2) is 42.5 Å². The van der Waals surface area contributed by atoms with Gasteiger partial charge in [0.1, 0.15) is 12.4 Å². The van der Waals surface area contributed by atoms with E-state index >= 15 is 0 Å². The van der Waals surface area contributed by atoms with Crippen molar-refractivity contribution in [2.45, 2.75) is 46.1 Å². The lowest BCUT2D eigenvalue weighted by Crippen LogP contribution is -2.04. The first-order valence-corrected chi connectivity index (χ1v) is 7.59. The van der Waals surface area contributed by atoms with Crippen LogP contribution in [0.2, 0.25) is 0 Å². The average molecular weight is 283 g/mol. The van der Waals surface area contributed by atoms with Crippen LogP contribution in [0.1, 0.15) is 56.2 Å². The highest BCUT2D eigenvalue weighted by molar-refractivity contribution is 5.45. The van der Waals surface area contributed by atoms with Crippen molar-refractivity contribution in [3.8, 4) is 5.75 Å². The standard InChI is InChI=1S/C19H25NO/c1-13(2)17-9-6-10-18(14(3)4)19(17)21-12-15-7-5-8-16(20)11-15/h5-11,13-14H,12,20H2,1-4H3. The molecule has 0 radical (unpaired) electrons. The number of para-hydroxylation sites is 1. The van der Waals surface area contributed by atoms with Crippen molar-refractivity contribution < 1.29 is 4.74 Å². The van der Waals surface area contributed by atoms with E-state index in [0.717, 1.165) is 17.0 Å². The summed E-state index contributed by atoms with van der Waals surface area (Å²) in [5.74, 6) is 1.92. The van der Waals surface area contributed by atoms with Crippen LogP contribution < -0.4 is 10.5 Å². The van der Waals surface area contributed by atoms with Crippen LogP contribution in [-0.2, 0) is 6.61 Å². The predicted molar refractivity (Wildman–Crippen MR) is 89.8 cm³/mol. The second-order valence-corrected chi connectivity index (χ2v) is 6.11. The summed E-state index contributed by atoms with van der Waals surface area (Å²) in [6.07, 6.45) is 0. The second kappa shape index (κ2) is 6.66. The lowest BCUT2D eigenvalue weighted by molar-refractivity contribution is 0.297. The molecule has 21 heavy (non-hydrogen) atoms. The molecule has 0 amide bonds. The van der Waals surface area contributed by atoms with Gasteiger partial charge in [0.15, 0.2) is 0 Å². The van der Waals surface area contributed by atoms with Crippen molar-refractivity contribution in [3.63, 3.8) is 0 Å². The van der Waals surface area contributed by atoms with E-state index in [2.05, 4.69) is 45.9 Å². The van der Waals surface area contributed by atoms with Crippen LogP contribution in [0.4, 0.5) is 5.69 Å². The Labute approximate surface area is 127 Å². The Kier molecular flexibility index (Phi) is 4.89. The summed E-state index contributed by atoms with van der Waals surface area (Å²) in [5, 5.41) is 0. The number of nitrogen functional groups attached to an aromatic ring is 1. The van der Waals surface area contributed by atoms with Crippen molar-refractivity contribution in [2.75, 3.05) is 5.73 Å². The zero-order valence-electron chi connectivity index (χ0n) is 13.4. The quantitative estimate of drug-likeness (QED) is 0.775. The number of nitrogens with two attached hydrogens (primary N) is 1. The smallest absolute Gasteiger partial charge is 0.126 e. The summed E-state index contributed by atoms with van der Waals surface area (Å²) in [4.78, 5) is 0. The molecule has 2 aromatic rings.